The van der Waals surface area contributed by atoms with Crippen LogP contribution in [-0.4, -0.2) is 49.5 Å². The number of benzene rings is 1. The highest BCUT2D eigenvalue weighted by Crippen LogP contribution is 2.32. The Balaban J connectivity index is 1.45. The molecule has 10 nitrogen and oxygen atoms in total. The first-order valence-electron chi connectivity index (χ1n) is 9.66. The van der Waals surface area contributed by atoms with E-state index in [-0.39, 0.29) is 24.7 Å². The first-order chi connectivity index (χ1) is 14.4. The van der Waals surface area contributed by atoms with Crippen molar-refractivity contribution in [1.82, 2.24) is 20.0 Å². The van der Waals surface area contributed by atoms with Gasteiger partial charge in [0.2, 0.25) is 11.8 Å². The van der Waals surface area contributed by atoms with Gasteiger partial charge in [-0.1, -0.05) is 6.07 Å². The minimum Gasteiger partial charge on any atom is -0.481 e. The van der Waals surface area contributed by atoms with E-state index >= 15 is 0 Å². The van der Waals surface area contributed by atoms with Crippen molar-refractivity contribution in [3.8, 4) is 0 Å². The number of rotatable bonds is 7. The number of carboxylic acids is 1. The van der Waals surface area contributed by atoms with Gasteiger partial charge in [0.05, 0.1) is 19.2 Å². The van der Waals surface area contributed by atoms with Crippen LogP contribution in [0.5, 0.6) is 0 Å². The van der Waals surface area contributed by atoms with E-state index in [0.29, 0.717) is 31.6 Å². The molecule has 2 aliphatic rings. The van der Waals surface area contributed by atoms with Crippen LogP contribution in [0.25, 0.3) is 0 Å². The summed E-state index contributed by atoms with van der Waals surface area (Å²) in [5.41, 5.74) is 3.02. The molecule has 4 rings (SSSR count). The Labute approximate surface area is 171 Å². The van der Waals surface area contributed by atoms with E-state index in [0.717, 1.165) is 16.8 Å². The molecule has 1 aromatic carbocycles. The molecule has 156 valence electrons. The zero-order valence-electron chi connectivity index (χ0n) is 16.1. The molecule has 3 amide bonds. The van der Waals surface area contributed by atoms with Crippen LogP contribution in [0.1, 0.15) is 40.7 Å². The van der Waals surface area contributed by atoms with Crippen LogP contribution in [0, 0.1) is 0 Å². The fraction of sp³-hybridized carbons (Fsp3) is 0.350. The van der Waals surface area contributed by atoms with Crippen molar-refractivity contribution in [2.75, 3.05) is 5.32 Å². The average molecular weight is 411 g/mol. The molecule has 2 aliphatic heterocycles. The summed E-state index contributed by atoms with van der Waals surface area (Å²) in [7, 11) is 0. The van der Waals surface area contributed by atoms with E-state index in [1.165, 1.54) is 4.90 Å². The Hall–Kier alpha value is -3.69. The van der Waals surface area contributed by atoms with Gasteiger partial charge < -0.3 is 15.3 Å². The number of carbonyl (C=O) groups excluding carboxylic acids is 3. The number of nitrogens with zero attached hydrogens (tertiary/aromatic N) is 3. The topological polar surface area (TPSA) is 134 Å². The number of aromatic nitrogens is 2. The third kappa shape index (κ3) is 3.88. The number of hydrogen-bond acceptors (Lipinski definition) is 6. The fourth-order valence-corrected chi connectivity index (χ4v) is 3.78. The Bertz CT molecular complexity index is 1030. The molecule has 0 radical (unpaired) electrons. The van der Waals surface area contributed by atoms with Crippen molar-refractivity contribution in [2.45, 2.75) is 44.9 Å². The molecule has 1 fully saturated rings. The monoisotopic (exact) mass is 411 g/mol. The number of amides is 3. The molecule has 2 aromatic rings. The number of aliphatic carboxylic acids is 1. The Morgan fingerprint density at radius 1 is 1.30 bits per heavy atom. The van der Waals surface area contributed by atoms with Gasteiger partial charge in [-0.05, 0) is 18.6 Å². The first-order valence-corrected chi connectivity index (χ1v) is 9.66. The lowest BCUT2D eigenvalue weighted by Crippen LogP contribution is -2.52. The van der Waals surface area contributed by atoms with Crippen molar-refractivity contribution in [3.05, 3.63) is 47.3 Å². The van der Waals surface area contributed by atoms with E-state index in [1.807, 2.05) is 6.07 Å². The smallest absolute Gasteiger partial charge is 0.305 e. The second-order valence-corrected chi connectivity index (χ2v) is 7.34. The molecule has 0 aliphatic carbocycles. The number of carbonyl (C=O) groups is 4. The maximum absolute atomic E-state index is 12.9. The predicted octanol–water partition coefficient (Wildman–Crippen LogP) is 0.731. The van der Waals surface area contributed by atoms with Crippen LogP contribution in [0.2, 0.25) is 0 Å². The molecule has 3 heterocycles. The lowest BCUT2D eigenvalue weighted by molar-refractivity contribution is -0.138. The lowest BCUT2D eigenvalue weighted by atomic mass is 10.0. The third-order valence-electron chi connectivity index (χ3n) is 5.31. The number of hydrogen-bond donors (Lipinski definition) is 3. The molecular formula is C20H21N5O5. The van der Waals surface area contributed by atoms with Gasteiger partial charge in [0.1, 0.15) is 6.04 Å². The molecule has 30 heavy (non-hydrogen) atoms. The van der Waals surface area contributed by atoms with Gasteiger partial charge in [-0.25, -0.2) is 0 Å². The molecule has 0 bridgehead atoms. The summed E-state index contributed by atoms with van der Waals surface area (Å²) in [4.78, 5) is 48.6. The summed E-state index contributed by atoms with van der Waals surface area (Å²) in [5.74, 6) is -1.85. The van der Waals surface area contributed by atoms with E-state index in [2.05, 4.69) is 15.7 Å². The maximum atomic E-state index is 12.9. The Kier molecular flexibility index (Phi) is 5.21. The fourth-order valence-electron chi connectivity index (χ4n) is 3.78. The van der Waals surface area contributed by atoms with Crippen LogP contribution in [0.3, 0.4) is 0 Å². The standard InChI is InChI=1S/C20H21N5O5/c26-17-5-4-16(19(29)23-17)25-11-14-13(20(25)30)2-1-3-15(14)21-8-12-9-22-24(10-12)7-6-18(27)28/h1-3,9-10,16,21H,4-8,11H2,(H,27,28)(H,23,26,29). The molecule has 3 N–H and O–H groups in total. The Morgan fingerprint density at radius 2 is 2.13 bits per heavy atom. The van der Waals surface area contributed by atoms with Crippen LogP contribution >= 0.6 is 0 Å². The minimum absolute atomic E-state index is 0.000963. The second-order valence-electron chi connectivity index (χ2n) is 7.34. The number of anilines is 1. The van der Waals surface area contributed by atoms with E-state index in [9.17, 15) is 19.2 Å². The first kappa shape index (κ1) is 19.6. The quantitative estimate of drug-likeness (QED) is 0.572. The molecular weight excluding hydrogens is 390 g/mol. The molecule has 0 saturated carbocycles. The van der Waals surface area contributed by atoms with Gasteiger partial charge in [-0.2, -0.15) is 5.10 Å². The van der Waals surface area contributed by atoms with Gasteiger partial charge in [0.15, 0.2) is 0 Å². The lowest BCUT2D eigenvalue weighted by Gasteiger charge is -2.29. The van der Waals surface area contributed by atoms with E-state index in [4.69, 9.17) is 5.11 Å². The summed E-state index contributed by atoms with van der Waals surface area (Å²) in [6.07, 6.45) is 3.98. The van der Waals surface area contributed by atoms with Crippen LogP contribution < -0.4 is 10.6 Å². The second kappa shape index (κ2) is 7.97. The summed E-state index contributed by atoms with van der Waals surface area (Å²) in [5, 5.41) is 18.5. The summed E-state index contributed by atoms with van der Waals surface area (Å²) < 4.78 is 1.58. The third-order valence-corrected chi connectivity index (χ3v) is 5.31. The van der Waals surface area contributed by atoms with Crippen LogP contribution in [-0.2, 0) is 34.0 Å². The normalized spacial score (nSPS) is 18.3. The molecule has 10 heteroatoms. The number of carboxylic acid groups (broad SMARTS) is 1. The number of nitrogens with one attached hydrogen (secondary N) is 2. The largest absolute Gasteiger partial charge is 0.481 e. The van der Waals surface area contributed by atoms with Crippen molar-refractivity contribution < 1.29 is 24.3 Å². The van der Waals surface area contributed by atoms with Gasteiger partial charge in [-0.3, -0.25) is 29.2 Å². The van der Waals surface area contributed by atoms with Gasteiger partial charge in [0.25, 0.3) is 5.91 Å². The number of fused-ring (bicyclic) bond motifs is 1. The molecule has 1 unspecified atom stereocenters. The summed E-state index contributed by atoms with van der Waals surface area (Å²) >= 11 is 0. The van der Waals surface area contributed by atoms with Gasteiger partial charge >= 0.3 is 5.97 Å². The van der Waals surface area contributed by atoms with Crippen molar-refractivity contribution in [3.63, 3.8) is 0 Å². The zero-order valence-corrected chi connectivity index (χ0v) is 16.1. The highest BCUT2D eigenvalue weighted by Gasteiger charge is 2.39. The van der Waals surface area contributed by atoms with Crippen molar-refractivity contribution in [1.29, 1.82) is 0 Å². The molecule has 1 saturated heterocycles. The Morgan fingerprint density at radius 3 is 2.90 bits per heavy atom. The maximum Gasteiger partial charge on any atom is 0.305 e. The van der Waals surface area contributed by atoms with Crippen molar-refractivity contribution >= 4 is 29.4 Å². The highest BCUT2D eigenvalue weighted by atomic mass is 16.4. The SMILES string of the molecule is O=C(O)CCn1cc(CNc2cccc3c2CN(C2CCC(=O)NC2=O)C3=O)cn1. The summed E-state index contributed by atoms with van der Waals surface area (Å²) in [6.45, 7) is 1.04. The number of piperidine rings is 1. The predicted molar refractivity (Wildman–Crippen MR) is 104 cm³/mol. The van der Waals surface area contributed by atoms with E-state index < -0.39 is 17.9 Å². The molecule has 0 spiro atoms. The highest BCUT2D eigenvalue weighted by molar-refractivity contribution is 6.06. The van der Waals surface area contributed by atoms with Crippen LogP contribution in [0.4, 0.5) is 5.69 Å². The van der Waals surface area contributed by atoms with E-state index in [1.54, 1.807) is 29.2 Å². The van der Waals surface area contributed by atoms with Gasteiger partial charge in [-0.15, -0.1) is 0 Å². The van der Waals surface area contributed by atoms with Crippen LogP contribution in [0.15, 0.2) is 30.6 Å². The van der Waals surface area contributed by atoms with Gasteiger partial charge in [0, 0.05) is 48.1 Å². The average Bonchev–Trinajstić information content (AvgIpc) is 3.30. The number of imide groups is 1. The van der Waals surface area contributed by atoms with Crippen molar-refractivity contribution in [2.24, 2.45) is 0 Å². The zero-order chi connectivity index (χ0) is 21.3. The number of aryl methyl sites for hydroxylation is 1. The molecule has 1 atom stereocenters. The molecule has 1 aromatic heterocycles. The summed E-state index contributed by atoms with van der Waals surface area (Å²) in [6, 6.07) is 4.74. The minimum atomic E-state index is -0.879.